The standard InChI is InChI=1S/C11H10N3P/c1-7-5-9-8-3-2-4-12-11(8)14(15)10(9)6-13-7/h2-6H,15H2,1H3. The van der Waals surface area contributed by atoms with Gasteiger partial charge in [0, 0.05) is 22.7 Å². The van der Waals surface area contributed by atoms with E-state index in [0.717, 1.165) is 16.9 Å². The minimum atomic E-state index is 0.977. The van der Waals surface area contributed by atoms with Crippen molar-refractivity contribution in [3.8, 4) is 0 Å². The number of aryl methyl sites for hydroxylation is 1. The van der Waals surface area contributed by atoms with Gasteiger partial charge in [-0.05, 0) is 34.5 Å². The van der Waals surface area contributed by atoms with Gasteiger partial charge in [-0.3, -0.25) is 4.98 Å². The first-order valence-corrected chi connectivity index (χ1v) is 5.26. The number of hydrogen-bond acceptors (Lipinski definition) is 2. The molecule has 0 aliphatic heterocycles. The van der Waals surface area contributed by atoms with E-state index in [-0.39, 0.29) is 0 Å². The molecular formula is C11H10N3P. The van der Waals surface area contributed by atoms with E-state index in [1.54, 1.807) is 0 Å². The molecule has 3 aromatic heterocycles. The Labute approximate surface area is 89.4 Å². The largest absolute Gasteiger partial charge is 0.308 e. The van der Waals surface area contributed by atoms with Crippen LogP contribution in [-0.2, 0) is 0 Å². The van der Waals surface area contributed by atoms with E-state index in [0.29, 0.717) is 0 Å². The molecule has 4 heteroatoms. The molecule has 0 saturated carbocycles. The molecule has 1 unspecified atom stereocenters. The van der Waals surface area contributed by atoms with Gasteiger partial charge in [0.05, 0.1) is 11.7 Å². The maximum atomic E-state index is 4.36. The Morgan fingerprint density at radius 1 is 1.27 bits per heavy atom. The van der Waals surface area contributed by atoms with Gasteiger partial charge in [-0.2, -0.15) is 0 Å². The summed E-state index contributed by atoms with van der Waals surface area (Å²) in [5, 5.41) is 2.38. The lowest BCUT2D eigenvalue weighted by Gasteiger charge is -1.95. The number of hydrogen-bond donors (Lipinski definition) is 0. The number of rotatable bonds is 0. The average Bonchev–Trinajstić information content (AvgIpc) is 2.54. The Kier molecular flexibility index (Phi) is 1.77. The molecule has 0 spiro atoms. The zero-order valence-corrected chi connectivity index (χ0v) is 9.46. The van der Waals surface area contributed by atoms with E-state index in [9.17, 15) is 0 Å². The molecule has 0 amide bonds. The SMILES string of the molecule is Cc1cc2c3cccnc3n(P)c2cn1. The van der Waals surface area contributed by atoms with Crippen LogP contribution in [0.3, 0.4) is 0 Å². The second kappa shape index (κ2) is 3.01. The lowest BCUT2D eigenvalue weighted by Crippen LogP contribution is -1.82. The number of fused-ring (bicyclic) bond motifs is 3. The first-order valence-electron chi connectivity index (χ1n) is 4.74. The first-order chi connectivity index (χ1) is 7.27. The lowest BCUT2D eigenvalue weighted by molar-refractivity contribution is 1.21. The van der Waals surface area contributed by atoms with Crippen LogP contribution in [0.5, 0.6) is 0 Å². The van der Waals surface area contributed by atoms with E-state index < -0.39 is 0 Å². The summed E-state index contributed by atoms with van der Waals surface area (Å²) in [7, 11) is 2.68. The summed E-state index contributed by atoms with van der Waals surface area (Å²) in [5.41, 5.74) is 3.10. The van der Waals surface area contributed by atoms with E-state index >= 15 is 0 Å². The highest BCUT2D eigenvalue weighted by molar-refractivity contribution is 7.15. The number of aromatic nitrogens is 3. The first kappa shape index (κ1) is 8.81. The molecule has 0 radical (unpaired) electrons. The molecule has 3 aromatic rings. The summed E-state index contributed by atoms with van der Waals surface area (Å²) in [5.74, 6) is 0. The molecule has 0 aromatic carbocycles. The van der Waals surface area contributed by atoms with Crippen molar-refractivity contribution in [2.45, 2.75) is 6.92 Å². The summed E-state index contributed by atoms with van der Waals surface area (Å²) in [6, 6.07) is 6.15. The van der Waals surface area contributed by atoms with Crippen molar-refractivity contribution in [1.82, 2.24) is 14.3 Å². The van der Waals surface area contributed by atoms with Crippen molar-refractivity contribution in [3.05, 3.63) is 36.3 Å². The van der Waals surface area contributed by atoms with Crippen molar-refractivity contribution in [2.24, 2.45) is 0 Å². The van der Waals surface area contributed by atoms with Crippen molar-refractivity contribution in [1.29, 1.82) is 0 Å². The normalized spacial score (nSPS) is 11.3. The fourth-order valence-corrected chi connectivity index (χ4v) is 2.29. The molecule has 0 bridgehead atoms. The van der Waals surface area contributed by atoms with Gasteiger partial charge in [-0.15, -0.1) is 0 Å². The summed E-state index contributed by atoms with van der Waals surface area (Å²) < 4.78 is 2.00. The van der Waals surface area contributed by atoms with Crippen LogP contribution in [0.25, 0.3) is 21.9 Å². The Hall–Kier alpha value is -1.47. The van der Waals surface area contributed by atoms with E-state index in [1.807, 2.05) is 29.7 Å². The quantitative estimate of drug-likeness (QED) is 0.539. The fraction of sp³-hybridized carbons (Fsp3) is 0.0909. The highest BCUT2D eigenvalue weighted by Gasteiger charge is 2.08. The molecule has 0 fully saturated rings. The molecule has 0 saturated heterocycles. The van der Waals surface area contributed by atoms with E-state index in [1.165, 1.54) is 10.8 Å². The Balaban J connectivity index is 2.64. The molecule has 3 nitrogen and oxygen atoms in total. The number of pyridine rings is 2. The monoisotopic (exact) mass is 215 g/mol. The van der Waals surface area contributed by atoms with Crippen LogP contribution in [0.1, 0.15) is 5.69 Å². The van der Waals surface area contributed by atoms with Gasteiger partial charge >= 0.3 is 0 Å². The summed E-state index contributed by atoms with van der Waals surface area (Å²) in [4.78, 5) is 8.66. The fourth-order valence-electron chi connectivity index (χ4n) is 1.87. The predicted octanol–water partition coefficient (Wildman–Crippen LogP) is 2.53. The maximum Gasteiger partial charge on any atom is 0.143 e. The molecule has 0 N–H and O–H groups in total. The topological polar surface area (TPSA) is 30.7 Å². The summed E-state index contributed by atoms with van der Waals surface area (Å²) in [6.45, 7) is 2.00. The van der Waals surface area contributed by atoms with Gasteiger partial charge in [0.1, 0.15) is 5.65 Å². The minimum absolute atomic E-state index is 0.977. The van der Waals surface area contributed by atoms with Crippen molar-refractivity contribution in [2.75, 3.05) is 0 Å². The van der Waals surface area contributed by atoms with Gasteiger partial charge in [-0.25, -0.2) is 4.98 Å². The van der Waals surface area contributed by atoms with Crippen molar-refractivity contribution in [3.63, 3.8) is 0 Å². The predicted molar refractivity (Wildman–Crippen MR) is 64.9 cm³/mol. The van der Waals surface area contributed by atoms with E-state index in [4.69, 9.17) is 0 Å². The van der Waals surface area contributed by atoms with Crippen LogP contribution in [0.4, 0.5) is 0 Å². The van der Waals surface area contributed by atoms with Gasteiger partial charge in [0.25, 0.3) is 0 Å². The lowest BCUT2D eigenvalue weighted by atomic mass is 10.2. The molecule has 3 heterocycles. The van der Waals surface area contributed by atoms with Crippen LogP contribution >= 0.6 is 9.39 Å². The maximum absolute atomic E-state index is 4.36. The van der Waals surface area contributed by atoms with Gasteiger partial charge in [-0.1, -0.05) is 0 Å². The third-order valence-corrected chi connectivity index (χ3v) is 3.11. The highest BCUT2D eigenvalue weighted by atomic mass is 31.0. The minimum Gasteiger partial charge on any atom is -0.308 e. The summed E-state index contributed by atoms with van der Waals surface area (Å²) in [6.07, 6.45) is 3.70. The second-order valence-corrected chi connectivity index (χ2v) is 4.10. The molecule has 1 atom stereocenters. The Morgan fingerprint density at radius 2 is 2.13 bits per heavy atom. The summed E-state index contributed by atoms with van der Waals surface area (Å²) >= 11 is 0. The molecule has 15 heavy (non-hydrogen) atoms. The number of nitrogens with zero attached hydrogens (tertiary/aromatic N) is 3. The molecule has 74 valence electrons. The van der Waals surface area contributed by atoms with Crippen LogP contribution in [-0.4, -0.2) is 14.3 Å². The van der Waals surface area contributed by atoms with Crippen LogP contribution < -0.4 is 0 Å². The smallest absolute Gasteiger partial charge is 0.143 e. The zero-order chi connectivity index (χ0) is 10.4. The Morgan fingerprint density at radius 3 is 3.00 bits per heavy atom. The molecule has 0 aliphatic rings. The van der Waals surface area contributed by atoms with Crippen molar-refractivity contribution < 1.29 is 0 Å². The second-order valence-electron chi connectivity index (χ2n) is 3.59. The van der Waals surface area contributed by atoms with Gasteiger partial charge in [0.2, 0.25) is 0 Å². The van der Waals surface area contributed by atoms with Crippen LogP contribution in [0.15, 0.2) is 30.6 Å². The van der Waals surface area contributed by atoms with Gasteiger partial charge in [0.15, 0.2) is 0 Å². The Bertz CT molecular complexity index is 657. The zero-order valence-electron chi connectivity index (χ0n) is 8.31. The van der Waals surface area contributed by atoms with Crippen LogP contribution in [0, 0.1) is 6.92 Å². The molecule has 3 rings (SSSR count). The van der Waals surface area contributed by atoms with Crippen molar-refractivity contribution >= 4 is 31.3 Å². The highest BCUT2D eigenvalue weighted by Crippen LogP contribution is 2.28. The average molecular weight is 215 g/mol. The third kappa shape index (κ3) is 1.17. The van der Waals surface area contributed by atoms with Crippen LogP contribution in [0.2, 0.25) is 0 Å². The molecule has 0 aliphatic carbocycles. The molecular weight excluding hydrogens is 205 g/mol. The van der Waals surface area contributed by atoms with E-state index in [2.05, 4.69) is 31.5 Å². The van der Waals surface area contributed by atoms with Gasteiger partial charge < -0.3 is 4.34 Å². The third-order valence-electron chi connectivity index (χ3n) is 2.58.